The Labute approximate surface area is 161 Å². The van der Waals surface area contributed by atoms with Gasteiger partial charge in [0.1, 0.15) is 23.1 Å². The third-order valence-electron chi connectivity index (χ3n) is 4.43. The summed E-state index contributed by atoms with van der Waals surface area (Å²) in [7, 11) is 0. The van der Waals surface area contributed by atoms with Crippen molar-refractivity contribution in [3.8, 4) is 16.3 Å². The SMILES string of the molecule is O=C(c1csc(-c2ccccc2)n1)N1CCNCC1COc1cccnc1. The first-order valence-electron chi connectivity index (χ1n) is 8.87. The van der Waals surface area contributed by atoms with Crippen molar-refractivity contribution in [2.75, 3.05) is 26.2 Å². The van der Waals surface area contributed by atoms with E-state index in [0.29, 0.717) is 31.1 Å². The first kappa shape index (κ1) is 17.6. The number of hydrogen-bond acceptors (Lipinski definition) is 6. The van der Waals surface area contributed by atoms with Crippen LogP contribution in [0, 0.1) is 0 Å². The third kappa shape index (κ3) is 4.15. The molecule has 4 rings (SSSR count). The van der Waals surface area contributed by atoms with Gasteiger partial charge in [-0.1, -0.05) is 30.3 Å². The lowest BCUT2D eigenvalue weighted by Gasteiger charge is -2.35. The number of piperazine rings is 1. The zero-order valence-electron chi connectivity index (χ0n) is 14.7. The van der Waals surface area contributed by atoms with E-state index in [-0.39, 0.29) is 11.9 Å². The number of carbonyl (C=O) groups excluding carboxylic acids is 1. The number of aromatic nitrogens is 2. The lowest BCUT2D eigenvalue weighted by molar-refractivity contribution is 0.0554. The highest BCUT2D eigenvalue weighted by atomic mass is 32.1. The van der Waals surface area contributed by atoms with Crippen LogP contribution in [-0.4, -0.2) is 53.1 Å². The molecule has 7 heteroatoms. The van der Waals surface area contributed by atoms with Gasteiger partial charge in [-0.2, -0.15) is 0 Å². The summed E-state index contributed by atoms with van der Waals surface area (Å²) in [4.78, 5) is 23.5. The molecule has 3 aromatic rings. The fraction of sp³-hybridized carbons (Fsp3) is 0.250. The van der Waals surface area contributed by atoms with E-state index in [0.717, 1.165) is 17.1 Å². The van der Waals surface area contributed by atoms with Gasteiger partial charge in [-0.25, -0.2) is 4.98 Å². The third-order valence-corrected chi connectivity index (χ3v) is 5.32. The van der Waals surface area contributed by atoms with Crippen molar-refractivity contribution in [2.24, 2.45) is 0 Å². The predicted molar refractivity (Wildman–Crippen MR) is 105 cm³/mol. The standard InChI is InChI=1S/C20H20N4O2S/c25-20(18-14-27-19(23-18)15-5-2-1-3-6-15)24-10-9-22-11-16(24)13-26-17-7-4-8-21-12-17/h1-8,12,14,16,22H,9-11,13H2. The van der Waals surface area contributed by atoms with Gasteiger partial charge in [0.05, 0.1) is 12.2 Å². The smallest absolute Gasteiger partial charge is 0.273 e. The highest BCUT2D eigenvalue weighted by Gasteiger charge is 2.29. The summed E-state index contributed by atoms with van der Waals surface area (Å²) >= 11 is 1.49. The molecule has 1 N–H and O–H groups in total. The first-order valence-corrected chi connectivity index (χ1v) is 9.75. The number of rotatable bonds is 5. The van der Waals surface area contributed by atoms with Crippen molar-refractivity contribution < 1.29 is 9.53 Å². The average molecular weight is 380 g/mol. The van der Waals surface area contributed by atoms with Crippen molar-refractivity contribution in [3.05, 3.63) is 65.9 Å². The maximum absolute atomic E-state index is 13.0. The van der Waals surface area contributed by atoms with Gasteiger partial charge in [0, 0.05) is 36.8 Å². The van der Waals surface area contributed by atoms with Crippen LogP contribution < -0.4 is 10.1 Å². The van der Waals surface area contributed by atoms with E-state index in [4.69, 9.17) is 4.74 Å². The maximum atomic E-state index is 13.0. The number of pyridine rings is 1. The van der Waals surface area contributed by atoms with E-state index in [2.05, 4.69) is 15.3 Å². The van der Waals surface area contributed by atoms with E-state index in [1.807, 2.05) is 52.7 Å². The van der Waals surface area contributed by atoms with Crippen LogP contribution in [0.2, 0.25) is 0 Å². The van der Waals surface area contributed by atoms with Crippen molar-refractivity contribution in [3.63, 3.8) is 0 Å². The maximum Gasteiger partial charge on any atom is 0.273 e. The molecule has 1 aliphatic heterocycles. The van der Waals surface area contributed by atoms with Crippen LogP contribution in [0.25, 0.3) is 10.6 Å². The number of nitrogens with zero attached hydrogens (tertiary/aromatic N) is 3. The molecule has 1 saturated heterocycles. The molecule has 27 heavy (non-hydrogen) atoms. The van der Waals surface area contributed by atoms with Gasteiger partial charge in [0.2, 0.25) is 0 Å². The quantitative estimate of drug-likeness (QED) is 0.737. The molecule has 0 radical (unpaired) electrons. The lowest BCUT2D eigenvalue weighted by Crippen LogP contribution is -2.56. The summed E-state index contributed by atoms with van der Waals surface area (Å²) in [5.74, 6) is 0.658. The summed E-state index contributed by atoms with van der Waals surface area (Å²) in [6.45, 7) is 2.52. The van der Waals surface area contributed by atoms with E-state index in [1.54, 1.807) is 12.4 Å². The highest BCUT2D eigenvalue weighted by Crippen LogP contribution is 2.24. The first-order chi connectivity index (χ1) is 13.3. The number of thiazole rings is 1. The Bertz CT molecular complexity index is 885. The molecule has 1 amide bonds. The molecule has 0 spiro atoms. The van der Waals surface area contributed by atoms with E-state index in [9.17, 15) is 4.79 Å². The molecule has 1 aliphatic rings. The molecule has 0 aliphatic carbocycles. The summed E-state index contributed by atoms with van der Waals surface area (Å²) in [6, 6.07) is 13.6. The summed E-state index contributed by atoms with van der Waals surface area (Å²) in [5.41, 5.74) is 1.52. The monoisotopic (exact) mass is 380 g/mol. The summed E-state index contributed by atoms with van der Waals surface area (Å²) in [6.07, 6.45) is 3.38. The molecular formula is C20H20N4O2S. The fourth-order valence-electron chi connectivity index (χ4n) is 3.03. The number of amides is 1. The number of nitrogens with one attached hydrogen (secondary N) is 1. The zero-order valence-corrected chi connectivity index (χ0v) is 15.6. The normalized spacial score (nSPS) is 16.9. The van der Waals surface area contributed by atoms with Gasteiger partial charge in [-0.3, -0.25) is 9.78 Å². The average Bonchev–Trinajstić information content (AvgIpc) is 3.24. The fourth-order valence-corrected chi connectivity index (χ4v) is 3.83. The molecule has 3 heterocycles. The molecule has 1 atom stereocenters. The van der Waals surface area contributed by atoms with Gasteiger partial charge in [0.25, 0.3) is 5.91 Å². The van der Waals surface area contributed by atoms with Crippen LogP contribution >= 0.6 is 11.3 Å². The minimum atomic E-state index is -0.0478. The molecule has 1 fully saturated rings. The van der Waals surface area contributed by atoms with E-state index in [1.165, 1.54) is 11.3 Å². The number of benzene rings is 1. The molecule has 0 bridgehead atoms. The van der Waals surface area contributed by atoms with Gasteiger partial charge in [-0.05, 0) is 12.1 Å². The zero-order chi connectivity index (χ0) is 18.5. The topological polar surface area (TPSA) is 67.4 Å². The summed E-state index contributed by atoms with van der Waals surface area (Å²) in [5, 5.41) is 6.03. The Hall–Kier alpha value is -2.77. The number of carbonyl (C=O) groups is 1. The number of hydrogen-bond donors (Lipinski definition) is 1. The van der Waals surface area contributed by atoms with Crippen LogP contribution in [-0.2, 0) is 0 Å². The van der Waals surface area contributed by atoms with Crippen molar-refractivity contribution in [1.82, 2.24) is 20.2 Å². The van der Waals surface area contributed by atoms with Crippen molar-refractivity contribution in [1.29, 1.82) is 0 Å². The molecule has 0 saturated carbocycles. The van der Waals surface area contributed by atoms with Crippen LogP contribution in [0.15, 0.2) is 60.2 Å². The van der Waals surface area contributed by atoms with Crippen LogP contribution in [0.3, 0.4) is 0 Å². The molecule has 2 aromatic heterocycles. The molecule has 1 aromatic carbocycles. The highest BCUT2D eigenvalue weighted by molar-refractivity contribution is 7.13. The van der Waals surface area contributed by atoms with Gasteiger partial charge in [0.15, 0.2) is 0 Å². The largest absolute Gasteiger partial charge is 0.490 e. The van der Waals surface area contributed by atoms with Gasteiger partial charge in [-0.15, -0.1) is 11.3 Å². The molecule has 6 nitrogen and oxygen atoms in total. The lowest BCUT2D eigenvalue weighted by atomic mass is 10.2. The van der Waals surface area contributed by atoms with Gasteiger partial charge < -0.3 is 15.0 Å². The Kier molecular flexibility index (Phi) is 5.41. The van der Waals surface area contributed by atoms with Crippen LogP contribution in [0.1, 0.15) is 10.5 Å². The van der Waals surface area contributed by atoms with Crippen molar-refractivity contribution >= 4 is 17.2 Å². The Morgan fingerprint density at radius 3 is 2.96 bits per heavy atom. The Morgan fingerprint density at radius 2 is 2.15 bits per heavy atom. The molecule has 1 unspecified atom stereocenters. The minimum absolute atomic E-state index is 0.0466. The van der Waals surface area contributed by atoms with E-state index >= 15 is 0 Å². The molecule has 138 valence electrons. The van der Waals surface area contributed by atoms with Gasteiger partial charge >= 0.3 is 0 Å². The number of ether oxygens (including phenoxy) is 1. The van der Waals surface area contributed by atoms with Crippen LogP contribution in [0.4, 0.5) is 0 Å². The van der Waals surface area contributed by atoms with E-state index < -0.39 is 0 Å². The minimum Gasteiger partial charge on any atom is -0.490 e. The van der Waals surface area contributed by atoms with Crippen molar-refractivity contribution in [2.45, 2.75) is 6.04 Å². The summed E-state index contributed by atoms with van der Waals surface area (Å²) < 4.78 is 5.82. The van der Waals surface area contributed by atoms with Crippen LogP contribution in [0.5, 0.6) is 5.75 Å². The molecular weight excluding hydrogens is 360 g/mol. The second kappa shape index (κ2) is 8.28. The second-order valence-corrected chi connectivity index (χ2v) is 7.12. The predicted octanol–water partition coefficient (Wildman–Crippen LogP) is 2.70. The Morgan fingerprint density at radius 1 is 1.26 bits per heavy atom. The Balaban J connectivity index is 1.46. The second-order valence-electron chi connectivity index (χ2n) is 6.26.